The maximum Gasteiger partial charge on any atom is 0.103 e. The van der Waals surface area contributed by atoms with Crippen LogP contribution in [0.15, 0.2) is 18.5 Å². The van der Waals surface area contributed by atoms with Gasteiger partial charge in [0.25, 0.3) is 0 Å². The van der Waals surface area contributed by atoms with Gasteiger partial charge in [-0.2, -0.15) is 0 Å². The molecule has 4 heteroatoms. The molecular weight excluding hydrogens is 176 g/mol. The maximum atomic E-state index is 4.46. The summed E-state index contributed by atoms with van der Waals surface area (Å²) in [5.41, 5.74) is 3.28. The standard InChI is InChI=1S/C10H14N4/c1-7-13-9(6-11-2)10(14-7)8-3-4-12-5-8/h3-5,11-12H,6H2,1-2H3,(H,13,14). The quantitative estimate of drug-likeness (QED) is 0.685. The molecule has 0 aliphatic carbocycles. The van der Waals surface area contributed by atoms with Gasteiger partial charge in [-0.3, -0.25) is 0 Å². The number of aromatic amines is 2. The number of aromatic nitrogens is 3. The van der Waals surface area contributed by atoms with Crippen LogP contribution in [0.25, 0.3) is 11.3 Å². The Morgan fingerprint density at radius 2 is 2.36 bits per heavy atom. The van der Waals surface area contributed by atoms with Gasteiger partial charge >= 0.3 is 0 Å². The van der Waals surface area contributed by atoms with Crippen molar-refractivity contribution in [3.8, 4) is 11.3 Å². The topological polar surface area (TPSA) is 56.5 Å². The van der Waals surface area contributed by atoms with Crippen molar-refractivity contribution in [3.05, 3.63) is 30.0 Å². The summed E-state index contributed by atoms with van der Waals surface area (Å²) < 4.78 is 0. The Bertz CT molecular complexity index is 400. The third-order valence-electron chi connectivity index (χ3n) is 2.12. The smallest absolute Gasteiger partial charge is 0.103 e. The third-order valence-corrected chi connectivity index (χ3v) is 2.12. The van der Waals surface area contributed by atoms with E-state index in [9.17, 15) is 0 Å². The van der Waals surface area contributed by atoms with Crippen molar-refractivity contribution < 1.29 is 0 Å². The van der Waals surface area contributed by atoms with Crippen molar-refractivity contribution in [1.82, 2.24) is 20.3 Å². The van der Waals surface area contributed by atoms with Crippen LogP contribution in [0.4, 0.5) is 0 Å². The van der Waals surface area contributed by atoms with Crippen molar-refractivity contribution >= 4 is 0 Å². The van der Waals surface area contributed by atoms with E-state index in [0.717, 1.165) is 29.3 Å². The Balaban J connectivity index is 2.41. The van der Waals surface area contributed by atoms with E-state index in [2.05, 4.69) is 20.3 Å². The predicted octanol–water partition coefficient (Wildman–Crippen LogP) is 1.43. The number of hydrogen-bond acceptors (Lipinski definition) is 2. The van der Waals surface area contributed by atoms with Crippen LogP contribution in [0, 0.1) is 6.92 Å². The predicted molar refractivity (Wildman–Crippen MR) is 55.9 cm³/mol. The highest BCUT2D eigenvalue weighted by atomic mass is 15.0. The molecule has 0 spiro atoms. The number of nitrogens with one attached hydrogen (secondary N) is 3. The van der Waals surface area contributed by atoms with Gasteiger partial charge in [0.15, 0.2) is 0 Å². The number of hydrogen-bond donors (Lipinski definition) is 3. The molecule has 0 amide bonds. The van der Waals surface area contributed by atoms with Gasteiger partial charge in [0, 0.05) is 24.5 Å². The van der Waals surface area contributed by atoms with Crippen LogP contribution < -0.4 is 5.32 Å². The molecule has 2 rings (SSSR count). The summed E-state index contributed by atoms with van der Waals surface area (Å²) in [7, 11) is 1.93. The molecule has 0 aromatic carbocycles. The lowest BCUT2D eigenvalue weighted by atomic mass is 10.2. The van der Waals surface area contributed by atoms with E-state index in [1.807, 2.05) is 32.4 Å². The summed E-state index contributed by atoms with van der Waals surface area (Å²) in [5.74, 6) is 0.950. The number of nitrogens with zero attached hydrogens (tertiary/aromatic N) is 1. The molecular formula is C10H14N4. The fourth-order valence-electron chi connectivity index (χ4n) is 1.56. The van der Waals surface area contributed by atoms with Crippen LogP contribution in [-0.4, -0.2) is 22.0 Å². The van der Waals surface area contributed by atoms with Gasteiger partial charge in [0.1, 0.15) is 5.82 Å². The first kappa shape index (κ1) is 9.02. The maximum absolute atomic E-state index is 4.46. The molecule has 0 atom stereocenters. The van der Waals surface area contributed by atoms with E-state index >= 15 is 0 Å². The summed E-state index contributed by atoms with van der Waals surface area (Å²) >= 11 is 0. The van der Waals surface area contributed by atoms with Crippen molar-refractivity contribution in [2.75, 3.05) is 7.05 Å². The number of aryl methyl sites for hydroxylation is 1. The molecule has 14 heavy (non-hydrogen) atoms. The lowest BCUT2D eigenvalue weighted by molar-refractivity contribution is 0.796. The van der Waals surface area contributed by atoms with E-state index in [1.54, 1.807) is 0 Å². The first-order valence-electron chi connectivity index (χ1n) is 4.64. The summed E-state index contributed by atoms with van der Waals surface area (Å²) in [6.45, 7) is 2.77. The Labute approximate surface area is 82.8 Å². The van der Waals surface area contributed by atoms with Gasteiger partial charge < -0.3 is 15.3 Å². The summed E-state index contributed by atoms with van der Waals surface area (Å²) in [6, 6.07) is 2.02. The molecule has 2 heterocycles. The summed E-state index contributed by atoms with van der Waals surface area (Å²) in [6.07, 6.45) is 3.86. The van der Waals surface area contributed by atoms with Crippen LogP contribution in [0.1, 0.15) is 11.5 Å². The second kappa shape index (κ2) is 3.67. The Kier molecular flexibility index (Phi) is 2.37. The zero-order valence-corrected chi connectivity index (χ0v) is 8.39. The molecule has 2 aromatic heterocycles. The van der Waals surface area contributed by atoms with Gasteiger partial charge in [-0.25, -0.2) is 4.98 Å². The normalized spacial score (nSPS) is 10.7. The average Bonchev–Trinajstić information content (AvgIpc) is 2.74. The SMILES string of the molecule is CNCc1[nH]c(C)nc1-c1cc[nH]c1. The fourth-order valence-corrected chi connectivity index (χ4v) is 1.56. The molecule has 4 nitrogen and oxygen atoms in total. The van der Waals surface area contributed by atoms with E-state index in [4.69, 9.17) is 0 Å². The second-order valence-corrected chi connectivity index (χ2v) is 3.28. The highest BCUT2D eigenvalue weighted by Crippen LogP contribution is 2.20. The van der Waals surface area contributed by atoms with E-state index < -0.39 is 0 Å². The van der Waals surface area contributed by atoms with Crippen molar-refractivity contribution in [2.24, 2.45) is 0 Å². The van der Waals surface area contributed by atoms with E-state index in [-0.39, 0.29) is 0 Å². The number of imidazole rings is 1. The van der Waals surface area contributed by atoms with Gasteiger partial charge in [0.05, 0.1) is 11.4 Å². The molecule has 0 saturated heterocycles. The highest BCUT2D eigenvalue weighted by molar-refractivity contribution is 5.61. The summed E-state index contributed by atoms with van der Waals surface area (Å²) in [4.78, 5) is 10.7. The van der Waals surface area contributed by atoms with Crippen LogP contribution in [-0.2, 0) is 6.54 Å². The average molecular weight is 190 g/mol. The third kappa shape index (κ3) is 1.56. The zero-order chi connectivity index (χ0) is 9.97. The molecule has 2 aromatic rings. The van der Waals surface area contributed by atoms with E-state index in [1.165, 1.54) is 0 Å². The summed E-state index contributed by atoms with van der Waals surface area (Å²) in [5, 5.41) is 3.12. The van der Waals surface area contributed by atoms with E-state index in [0.29, 0.717) is 0 Å². The van der Waals surface area contributed by atoms with Crippen LogP contribution >= 0.6 is 0 Å². The number of H-pyrrole nitrogens is 2. The molecule has 0 unspecified atom stereocenters. The minimum atomic E-state index is 0.807. The molecule has 0 fully saturated rings. The minimum Gasteiger partial charge on any atom is -0.367 e. The van der Waals surface area contributed by atoms with Crippen LogP contribution in [0.2, 0.25) is 0 Å². The second-order valence-electron chi connectivity index (χ2n) is 3.28. The molecule has 0 aliphatic rings. The van der Waals surface area contributed by atoms with Gasteiger partial charge in [-0.05, 0) is 20.0 Å². The molecule has 0 aliphatic heterocycles. The van der Waals surface area contributed by atoms with Crippen molar-refractivity contribution in [1.29, 1.82) is 0 Å². The monoisotopic (exact) mass is 190 g/mol. The first-order chi connectivity index (χ1) is 6.81. The largest absolute Gasteiger partial charge is 0.367 e. The molecule has 3 N–H and O–H groups in total. The van der Waals surface area contributed by atoms with Crippen LogP contribution in [0.5, 0.6) is 0 Å². The van der Waals surface area contributed by atoms with Crippen LogP contribution in [0.3, 0.4) is 0 Å². The lowest BCUT2D eigenvalue weighted by Crippen LogP contribution is -2.06. The lowest BCUT2D eigenvalue weighted by Gasteiger charge is -1.98. The molecule has 0 bridgehead atoms. The highest BCUT2D eigenvalue weighted by Gasteiger charge is 2.09. The molecule has 0 radical (unpaired) electrons. The van der Waals surface area contributed by atoms with Crippen molar-refractivity contribution in [3.63, 3.8) is 0 Å². The molecule has 74 valence electrons. The number of rotatable bonds is 3. The van der Waals surface area contributed by atoms with Gasteiger partial charge in [0.2, 0.25) is 0 Å². The minimum absolute atomic E-state index is 0.807. The Morgan fingerprint density at radius 1 is 1.50 bits per heavy atom. The Hall–Kier alpha value is -1.55. The van der Waals surface area contributed by atoms with Gasteiger partial charge in [-0.15, -0.1) is 0 Å². The van der Waals surface area contributed by atoms with Gasteiger partial charge in [-0.1, -0.05) is 0 Å². The molecule has 0 saturated carbocycles. The Morgan fingerprint density at radius 3 is 3.00 bits per heavy atom. The fraction of sp³-hybridized carbons (Fsp3) is 0.300. The zero-order valence-electron chi connectivity index (χ0n) is 8.39. The first-order valence-corrected chi connectivity index (χ1v) is 4.64. The van der Waals surface area contributed by atoms with Crippen molar-refractivity contribution in [2.45, 2.75) is 13.5 Å².